The van der Waals surface area contributed by atoms with Gasteiger partial charge in [-0.3, -0.25) is 9.11 Å². The molecule has 0 saturated carbocycles. The summed E-state index contributed by atoms with van der Waals surface area (Å²) in [6, 6.07) is 33.8. The molecule has 0 saturated heterocycles. The standard InChI is InChI=1S/C40H31N3O6S2/c1-25-24-30(14-21-35(25)41)38(28-10-17-31(18-11-28)42-36-22-15-26-6-2-4-8-33(26)39(36)50(44,45)46)29-12-19-32(20-13-29)43-37-23-16-27-7-3-5-9-34(27)40(37)51(47,48)49/h2-24,42H,41H2,1H3,(H,44,45,46)(H,47,48,49). The molecule has 6 aromatic carbocycles. The maximum Gasteiger partial charge on any atom is 0.297 e. The Labute approximate surface area is 295 Å². The normalized spacial score (nSPS) is 13.2. The van der Waals surface area contributed by atoms with E-state index in [2.05, 4.69) is 10.3 Å². The minimum atomic E-state index is -4.58. The lowest BCUT2D eigenvalue weighted by Gasteiger charge is -2.17. The van der Waals surface area contributed by atoms with Gasteiger partial charge in [-0.25, -0.2) is 4.99 Å². The molecule has 51 heavy (non-hydrogen) atoms. The first-order valence-electron chi connectivity index (χ1n) is 15.8. The summed E-state index contributed by atoms with van der Waals surface area (Å²) in [5.41, 5.74) is 12.6. The van der Waals surface area contributed by atoms with Gasteiger partial charge in [-0.2, -0.15) is 16.8 Å². The van der Waals surface area contributed by atoms with Crippen molar-refractivity contribution in [3.63, 3.8) is 0 Å². The van der Waals surface area contributed by atoms with E-state index in [4.69, 9.17) is 5.73 Å². The van der Waals surface area contributed by atoms with Crippen LogP contribution in [0.5, 0.6) is 0 Å². The summed E-state index contributed by atoms with van der Waals surface area (Å²) in [5, 5.41) is 5.27. The first-order valence-corrected chi connectivity index (χ1v) is 18.7. The zero-order chi connectivity index (χ0) is 35.9. The van der Waals surface area contributed by atoms with Gasteiger partial charge in [0.2, 0.25) is 0 Å². The van der Waals surface area contributed by atoms with Crippen LogP contribution >= 0.6 is 0 Å². The second-order valence-electron chi connectivity index (χ2n) is 12.1. The van der Waals surface area contributed by atoms with Gasteiger partial charge in [0.1, 0.15) is 9.79 Å². The fourth-order valence-electron chi connectivity index (χ4n) is 6.26. The predicted molar refractivity (Wildman–Crippen MR) is 204 cm³/mol. The van der Waals surface area contributed by atoms with Gasteiger partial charge in [0, 0.05) is 22.1 Å². The Bertz CT molecular complexity index is 2710. The summed E-state index contributed by atoms with van der Waals surface area (Å²) in [5.74, 6) is 0. The number of fused-ring (bicyclic) bond motifs is 2. The molecule has 0 fully saturated rings. The Morgan fingerprint density at radius 1 is 0.647 bits per heavy atom. The van der Waals surface area contributed by atoms with Gasteiger partial charge in [-0.15, -0.1) is 0 Å². The van der Waals surface area contributed by atoms with Crippen LogP contribution in [0, 0.1) is 6.92 Å². The second-order valence-corrected chi connectivity index (χ2v) is 14.8. The Morgan fingerprint density at radius 3 is 1.82 bits per heavy atom. The Morgan fingerprint density at radius 2 is 1.22 bits per heavy atom. The van der Waals surface area contributed by atoms with E-state index in [1.807, 2.05) is 61.5 Å². The largest absolute Gasteiger partial charge is 0.399 e. The van der Waals surface area contributed by atoms with E-state index < -0.39 is 20.2 Å². The van der Waals surface area contributed by atoms with E-state index >= 15 is 0 Å². The number of hydrogen-bond donors (Lipinski definition) is 4. The third-order valence-corrected chi connectivity index (χ3v) is 10.6. The molecule has 5 N–H and O–H groups in total. The number of aliphatic imine (C=N–C) groups is 1. The molecule has 0 aliphatic heterocycles. The predicted octanol–water partition coefficient (Wildman–Crippen LogP) is 8.82. The monoisotopic (exact) mass is 713 g/mol. The van der Waals surface area contributed by atoms with Gasteiger partial charge in [0.25, 0.3) is 20.2 Å². The number of benzene rings is 6. The molecule has 0 atom stereocenters. The number of nitrogen functional groups attached to an aromatic ring is 1. The third kappa shape index (κ3) is 6.83. The first kappa shape index (κ1) is 33.6. The Balaban J connectivity index is 1.27. The van der Waals surface area contributed by atoms with E-state index in [-0.39, 0.29) is 21.2 Å². The van der Waals surface area contributed by atoms with Gasteiger partial charge < -0.3 is 11.1 Å². The quantitative estimate of drug-likeness (QED) is 0.0944. The molecule has 0 bridgehead atoms. The number of rotatable bonds is 7. The molecule has 6 aromatic rings. The molecule has 9 nitrogen and oxygen atoms in total. The van der Waals surface area contributed by atoms with Gasteiger partial charge >= 0.3 is 0 Å². The van der Waals surface area contributed by atoms with Crippen molar-refractivity contribution in [3.05, 3.63) is 162 Å². The molecule has 0 heterocycles. The first-order chi connectivity index (χ1) is 24.4. The summed E-state index contributed by atoms with van der Waals surface area (Å²) < 4.78 is 70.1. The van der Waals surface area contributed by atoms with Crippen LogP contribution in [-0.4, -0.2) is 31.7 Å². The highest BCUT2D eigenvalue weighted by molar-refractivity contribution is 7.86. The molecular weight excluding hydrogens is 683 g/mol. The van der Waals surface area contributed by atoms with Gasteiger partial charge in [0.05, 0.1) is 17.1 Å². The van der Waals surface area contributed by atoms with Crippen molar-refractivity contribution in [1.82, 2.24) is 0 Å². The second kappa shape index (κ2) is 13.1. The van der Waals surface area contributed by atoms with E-state index in [0.717, 1.165) is 27.8 Å². The van der Waals surface area contributed by atoms with Crippen LogP contribution in [0.1, 0.15) is 16.7 Å². The lowest BCUT2D eigenvalue weighted by molar-refractivity contribution is 0.482. The van der Waals surface area contributed by atoms with E-state index in [0.29, 0.717) is 38.6 Å². The fourth-order valence-corrected chi connectivity index (χ4v) is 7.96. The summed E-state index contributed by atoms with van der Waals surface area (Å²) in [6.45, 7) is 1.93. The number of anilines is 3. The van der Waals surface area contributed by atoms with Gasteiger partial charge in [0.15, 0.2) is 0 Å². The number of nitrogens with two attached hydrogens (primary N) is 1. The van der Waals surface area contributed by atoms with Crippen LogP contribution in [0.3, 0.4) is 0 Å². The fraction of sp³-hybridized carbons (Fsp3) is 0.0250. The Hall–Kier alpha value is -5.85. The topological polar surface area (TPSA) is 159 Å². The zero-order valence-electron chi connectivity index (χ0n) is 27.1. The molecule has 0 amide bonds. The summed E-state index contributed by atoms with van der Waals surface area (Å²) in [6.07, 6.45) is 7.31. The molecule has 254 valence electrons. The van der Waals surface area contributed by atoms with Crippen molar-refractivity contribution < 1.29 is 25.9 Å². The average molecular weight is 714 g/mol. The molecule has 0 unspecified atom stereocenters. The molecule has 0 spiro atoms. The maximum atomic E-state index is 12.5. The van der Waals surface area contributed by atoms with Crippen molar-refractivity contribution >= 4 is 75.8 Å². The molecule has 1 aliphatic rings. The molecule has 7 rings (SSSR count). The van der Waals surface area contributed by atoms with Crippen molar-refractivity contribution in [2.75, 3.05) is 11.1 Å². The molecular formula is C40H31N3O6S2. The minimum Gasteiger partial charge on any atom is -0.399 e. The van der Waals surface area contributed by atoms with Crippen LogP contribution in [0.2, 0.25) is 0 Å². The van der Waals surface area contributed by atoms with Crippen molar-refractivity contribution in [1.29, 1.82) is 0 Å². The van der Waals surface area contributed by atoms with Crippen LogP contribution < -0.4 is 11.1 Å². The maximum absolute atomic E-state index is 12.5. The van der Waals surface area contributed by atoms with Crippen molar-refractivity contribution in [2.24, 2.45) is 4.99 Å². The molecule has 1 aliphatic carbocycles. The number of nitrogens with one attached hydrogen (secondary N) is 1. The zero-order valence-corrected chi connectivity index (χ0v) is 28.8. The summed E-state index contributed by atoms with van der Waals surface area (Å²) in [7, 11) is -9.13. The summed E-state index contributed by atoms with van der Waals surface area (Å²) >= 11 is 0. The van der Waals surface area contributed by atoms with E-state index in [1.54, 1.807) is 84.9 Å². The van der Waals surface area contributed by atoms with Gasteiger partial charge in [-0.05, 0) is 94.1 Å². The molecule has 0 aromatic heterocycles. The highest BCUT2D eigenvalue weighted by atomic mass is 32.2. The number of allylic oxidation sites excluding steroid dienone is 5. The van der Waals surface area contributed by atoms with E-state index in [1.165, 1.54) is 0 Å². The lowest BCUT2D eigenvalue weighted by atomic mass is 9.90. The van der Waals surface area contributed by atoms with Gasteiger partial charge in [-0.1, -0.05) is 91.0 Å². The minimum absolute atomic E-state index is 0.119. The van der Waals surface area contributed by atoms with Crippen molar-refractivity contribution in [3.8, 4) is 0 Å². The van der Waals surface area contributed by atoms with Crippen LogP contribution in [0.4, 0.5) is 22.7 Å². The number of hydrogen-bond acceptors (Lipinski definition) is 7. The number of aryl methyl sites for hydroxylation is 1. The van der Waals surface area contributed by atoms with Crippen LogP contribution in [-0.2, 0) is 20.2 Å². The van der Waals surface area contributed by atoms with Crippen molar-refractivity contribution in [2.45, 2.75) is 16.7 Å². The third-order valence-electron chi connectivity index (χ3n) is 8.67. The SMILES string of the molecule is Cc1cc(C(=C2C=CC(=Nc3ccc4ccccc4c3S(=O)(=O)O)C=C2)c2ccc(Nc3ccc4ccccc4c3S(=O)(=O)O)cc2)ccc1N. The lowest BCUT2D eigenvalue weighted by Crippen LogP contribution is -2.04. The number of nitrogens with zero attached hydrogens (tertiary/aromatic N) is 1. The van der Waals surface area contributed by atoms with E-state index in [9.17, 15) is 25.9 Å². The smallest absolute Gasteiger partial charge is 0.297 e. The average Bonchev–Trinajstić information content (AvgIpc) is 3.10. The van der Waals surface area contributed by atoms with Crippen LogP contribution in [0.15, 0.2) is 160 Å². The van der Waals surface area contributed by atoms with Crippen LogP contribution in [0.25, 0.3) is 27.1 Å². The molecule has 0 radical (unpaired) electrons. The molecule has 11 heteroatoms. The highest BCUT2D eigenvalue weighted by Crippen LogP contribution is 2.36. The summed E-state index contributed by atoms with van der Waals surface area (Å²) in [4.78, 5) is 4.13. The Kier molecular flexibility index (Phi) is 8.65. The highest BCUT2D eigenvalue weighted by Gasteiger charge is 2.21.